The summed E-state index contributed by atoms with van der Waals surface area (Å²) in [5.74, 6) is 13.2. The first-order chi connectivity index (χ1) is 17.2. The van der Waals surface area contributed by atoms with Gasteiger partial charge in [0.05, 0.1) is 0 Å². The molecule has 0 aliphatic rings. The van der Waals surface area contributed by atoms with Crippen LogP contribution in [-0.4, -0.2) is 0 Å². The molecule has 178 valence electrons. The zero-order valence-corrected chi connectivity index (χ0v) is 21.7. The first-order valence-corrected chi connectivity index (χ1v) is 13.2. The van der Waals surface area contributed by atoms with Crippen molar-refractivity contribution in [2.24, 2.45) is 0 Å². The van der Waals surface area contributed by atoms with E-state index in [0.29, 0.717) is 0 Å². The van der Waals surface area contributed by atoms with Gasteiger partial charge >= 0.3 is 0 Å². The molecule has 3 aromatic rings. The number of hydrogen-bond donors (Lipinski definition) is 0. The lowest BCUT2D eigenvalue weighted by molar-refractivity contribution is 0.717. The van der Waals surface area contributed by atoms with Crippen LogP contribution >= 0.6 is 0 Å². The molecule has 0 bridgehead atoms. The monoisotopic (exact) mass is 458 g/mol. The highest BCUT2D eigenvalue weighted by molar-refractivity contribution is 5.54. The van der Waals surface area contributed by atoms with Gasteiger partial charge in [0.2, 0.25) is 0 Å². The zero-order valence-electron chi connectivity index (χ0n) is 21.7. The van der Waals surface area contributed by atoms with Gasteiger partial charge in [-0.1, -0.05) is 99.6 Å². The molecule has 0 spiro atoms. The quantitative estimate of drug-likeness (QED) is 0.221. The predicted octanol–water partition coefficient (Wildman–Crippen LogP) is 9.12. The summed E-state index contributed by atoms with van der Waals surface area (Å²) >= 11 is 0. The maximum Gasteiger partial charge on any atom is 0.0279 e. The lowest BCUT2D eigenvalue weighted by atomic mass is 10.0. The molecule has 0 N–H and O–H groups in total. The third-order valence-electron chi connectivity index (χ3n) is 6.14. The summed E-state index contributed by atoms with van der Waals surface area (Å²) in [5.41, 5.74) is 7.96. The van der Waals surface area contributed by atoms with Crippen molar-refractivity contribution in [3.05, 3.63) is 112 Å². The summed E-state index contributed by atoms with van der Waals surface area (Å²) in [6, 6.07) is 23.4. The Kier molecular flexibility index (Phi) is 11.0. The highest BCUT2D eigenvalue weighted by Crippen LogP contribution is 2.12. The van der Waals surface area contributed by atoms with Crippen molar-refractivity contribution >= 4 is 6.08 Å². The second kappa shape index (κ2) is 14.7. The van der Waals surface area contributed by atoms with Gasteiger partial charge in [-0.3, -0.25) is 0 Å². The van der Waals surface area contributed by atoms with E-state index in [-0.39, 0.29) is 0 Å². The van der Waals surface area contributed by atoms with Crippen LogP contribution in [0.4, 0.5) is 0 Å². The Labute approximate surface area is 213 Å². The second-order valence-corrected chi connectivity index (χ2v) is 9.20. The topological polar surface area (TPSA) is 0 Å². The molecular formula is C35H38. The van der Waals surface area contributed by atoms with Crippen LogP contribution in [0, 0.1) is 30.6 Å². The first kappa shape index (κ1) is 26.1. The first-order valence-electron chi connectivity index (χ1n) is 13.2. The Hall–Kier alpha value is -3.48. The summed E-state index contributed by atoms with van der Waals surface area (Å²) in [6.45, 7) is 6.59. The lowest BCUT2D eigenvalue weighted by Crippen LogP contribution is -1.87. The second-order valence-electron chi connectivity index (χ2n) is 9.20. The van der Waals surface area contributed by atoms with E-state index in [4.69, 9.17) is 0 Å². The normalized spacial score (nSPS) is 10.5. The molecule has 0 heterocycles. The van der Waals surface area contributed by atoms with Crippen LogP contribution in [0.1, 0.15) is 97.7 Å². The van der Waals surface area contributed by atoms with E-state index in [2.05, 4.69) is 123 Å². The molecule has 0 unspecified atom stereocenters. The van der Waals surface area contributed by atoms with Gasteiger partial charge in [-0.25, -0.2) is 0 Å². The lowest BCUT2D eigenvalue weighted by Gasteiger charge is -2.01. The van der Waals surface area contributed by atoms with Gasteiger partial charge in [-0.15, -0.1) is 0 Å². The van der Waals surface area contributed by atoms with Crippen LogP contribution in [0.5, 0.6) is 0 Å². The van der Waals surface area contributed by atoms with E-state index < -0.39 is 0 Å². The van der Waals surface area contributed by atoms with Gasteiger partial charge < -0.3 is 0 Å². The van der Waals surface area contributed by atoms with E-state index in [1.54, 1.807) is 0 Å². The molecule has 0 saturated carbocycles. The van der Waals surface area contributed by atoms with Crippen molar-refractivity contribution in [2.75, 3.05) is 0 Å². The highest BCUT2D eigenvalue weighted by atomic mass is 14.0. The molecule has 0 amide bonds. The van der Waals surface area contributed by atoms with Crippen LogP contribution in [0.25, 0.3) is 6.08 Å². The molecular weight excluding hydrogens is 420 g/mol. The number of hydrogen-bond acceptors (Lipinski definition) is 0. The minimum Gasteiger partial charge on any atom is -0.0839 e. The minimum atomic E-state index is 1.02. The number of allylic oxidation sites excluding steroid dienone is 1. The molecule has 3 rings (SSSR count). The molecule has 3 aromatic carbocycles. The summed E-state index contributed by atoms with van der Waals surface area (Å²) < 4.78 is 0. The van der Waals surface area contributed by atoms with Crippen molar-refractivity contribution in [1.82, 2.24) is 0 Å². The van der Waals surface area contributed by atoms with Gasteiger partial charge in [0.1, 0.15) is 0 Å². The van der Waals surface area contributed by atoms with E-state index in [1.807, 2.05) is 0 Å². The molecule has 35 heavy (non-hydrogen) atoms. The van der Waals surface area contributed by atoms with Crippen molar-refractivity contribution in [2.45, 2.75) is 72.1 Å². The Balaban J connectivity index is 1.59. The Bertz CT molecular complexity index is 1200. The van der Waals surface area contributed by atoms with Crippen LogP contribution in [0.15, 0.2) is 72.8 Å². The van der Waals surface area contributed by atoms with Gasteiger partial charge in [-0.05, 0) is 91.8 Å². The molecule has 0 fully saturated rings. The Morgan fingerprint density at radius 2 is 1.23 bits per heavy atom. The van der Waals surface area contributed by atoms with Crippen molar-refractivity contribution in [3.8, 4) is 23.7 Å². The summed E-state index contributed by atoms with van der Waals surface area (Å²) in [4.78, 5) is 0. The van der Waals surface area contributed by atoms with Gasteiger partial charge in [0.25, 0.3) is 0 Å². The zero-order chi connectivity index (χ0) is 24.7. The summed E-state index contributed by atoms with van der Waals surface area (Å²) in [6.07, 6.45) is 14.4. The maximum absolute atomic E-state index is 3.33. The van der Waals surface area contributed by atoms with Crippen molar-refractivity contribution < 1.29 is 0 Å². The van der Waals surface area contributed by atoms with Crippen LogP contribution in [-0.2, 0) is 6.42 Å². The molecule has 0 atom stereocenters. The number of aryl methyl sites for hydroxylation is 2. The maximum atomic E-state index is 3.33. The number of unbranched alkanes of at least 4 members (excludes halogenated alkanes) is 5. The fourth-order valence-corrected chi connectivity index (χ4v) is 3.91. The largest absolute Gasteiger partial charge is 0.0839 e. The average Bonchev–Trinajstić information content (AvgIpc) is 2.88. The van der Waals surface area contributed by atoms with Crippen molar-refractivity contribution in [3.63, 3.8) is 0 Å². The smallest absolute Gasteiger partial charge is 0.0279 e. The minimum absolute atomic E-state index is 1.02. The van der Waals surface area contributed by atoms with Gasteiger partial charge in [0.15, 0.2) is 0 Å². The van der Waals surface area contributed by atoms with E-state index in [9.17, 15) is 0 Å². The Morgan fingerprint density at radius 1 is 0.629 bits per heavy atom. The number of rotatable bonds is 9. The van der Waals surface area contributed by atoms with Crippen LogP contribution in [0.2, 0.25) is 0 Å². The summed E-state index contributed by atoms with van der Waals surface area (Å²) in [5, 5.41) is 0. The van der Waals surface area contributed by atoms with E-state index in [1.165, 1.54) is 49.7 Å². The standard InChI is InChI=1S/C35H38/c1-4-6-8-9-11-13-31-14-18-32(19-15-31)22-23-34-25-27-35(29(3)28-34)26-24-33-20-16-30(17-21-33)12-10-7-5-2/h11,13-21,25,27-28H,4-10,12H2,1-3H3. The van der Waals surface area contributed by atoms with E-state index in [0.717, 1.165) is 40.7 Å². The highest BCUT2D eigenvalue weighted by Gasteiger charge is 1.97. The third-order valence-corrected chi connectivity index (χ3v) is 6.14. The molecule has 0 aromatic heterocycles. The van der Waals surface area contributed by atoms with Gasteiger partial charge in [0, 0.05) is 22.3 Å². The third kappa shape index (κ3) is 9.35. The van der Waals surface area contributed by atoms with Crippen LogP contribution < -0.4 is 0 Å². The molecule has 0 saturated heterocycles. The van der Waals surface area contributed by atoms with Crippen LogP contribution in [0.3, 0.4) is 0 Å². The number of benzene rings is 3. The fourth-order valence-electron chi connectivity index (χ4n) is 3.91. The summed E-state index contributed by atoms with van der Waals surface area (Å²) in [7, 11) is 0. The SMILES string of the molecule is CCCCCC=Cc1ccc(C#Cc2ccc(C#Cc3ccc(CCCCC)cc3)c(C)c2)cc1. The van der Waals surface area contributed by atoms with Crippen molar-refractivity contribution in [1.29, 1.82) is 0 Å². The van der Waals surface area contributed by atoms with Gasteiger partial charge in [-0.2, -0.15) is 0 Å². The Morgan fingerprint density at radius 3 is 1.91 bits per heavy atom. The molecule has 0 heteroatoms. The average molecular weight is 459 g/mol. The molecule has 0 nitrogen and oxygen atoms in total. The predicted molar refractivity (Wildman–Crippen MR) is 152 cm³/mol. The molecule has 0 aliphatic carbocycles. The van der Waals surface area contributed by atoms with E-state index >= 15 is 0 Å². The molecule has 0 radical (unpaired) electrons. The molecule has 0 aliphatic heterocycles. The fraction of sp³-hybridized carbons (Fsp3) is 0.314.